The zero-order valence-electron chi connectivity index (χ0n) is 31.2. The van der Waals surface area contributed by atoms with E-state index < -0.39 is 67.3 Å². The topological polar surface area (TPSA) is 185 Å². The number of fused-ring (bicyclic) bond motifs is 2. The predicted molar refractivity (Wildman–Crippen MR) is 193 cm³/mol. The highest BCUT2D eigenvalue weighted by Crippen LogP contribution is 2.66. The molecule has 0 radical (unpaired) electrons. The van der Waals surface area contributed by atoms with Crippen molar-refractivity contribution >= 4 is 39.4 Å². The minimum atomic E-state index is -3.56. The number of carbonyl (C=O) groups is 5. The molecule has 5 N–H and O–H groups in total. The smallest absolute Gasteiger partial charge is 0.315 e. The van der Waals surface area contributed by atoms with Crippen molar-refractivity contribution < 1.29 is 32.4 Å². The van der Waals surface area contributed by atoms with Crippen molar-refractivity contribution in [2.75, 3.05) is 12.3 Å². The Balaban J connectivity index is 1.28. The second-order valence-electron chi connectivity index (χ2n) is 18.5. The van der Waals surface area contributed by atoms with Gasteiger partial charge in [-0.15, -0.1) is 0 Å². The number of nitrogens with two attached hydrogens (primary N) is 1. The molecule has 5 atom stereocenters. The fourth-order valence-electron chi connectivity index (χ4n) is 10.1. The summed E-state index contributed by atoms with van der Waals surface area (Å²) in [6.07, 6.45) is 14.1. The lowest BCUT2D eigenvalue weighted by atomic mass is 9.70. The van der Waals surface area contributed by atoms with Gasteiger partial charge in [0.1, 0.15) is 12.1 Å². The standard InChI is InChI=1S/C38H61N5O7S/c1-35(2,3)51(49,50)23-38(16-9-6-10-17-38)42-34(48)41-30(36(4)14-7-5-8-15-36)33(47)43-22-26-25(13-18-37(26)19-20-37)28(43)32(46)40-27(21-24-11-12-24)29(44)31(39)45/h24-28,30H,5-23H2,1-4H3,(H2,39,45)(H,40,46)(H2,41,42,48)/t25-,26-,27?,28-,30+/m0/s1. The Morgan fingerprint density at radius 3 is 2.00 bits per heavy atom. The van der Waals surface area contributed by atoms with Crippen LogP contribution >= 0.6 is 0 Å². The molecule has 51 heavy (non-hydrogen) atoms. The van der Waals surface area contributed by atoms with Gasteiger partial charge >= 0.3 is 6.03 Å². The molecule has 5 aliphatic carbocycles. The van der Waals surface area contributed by atoms with Crippen molar-refractivity contribution in [1.29, 1.82) is 0 Å². The van der Waals surface area contributed by atoms with E-state index in [9.17, 15) is 27.6 Å². The SMILES string of the molecule is CC1([C@H](NC(=O)NC2(CS(=O)(=O)C(C)(C)C)CCCCC2)C(=O)N2C[C@H]3[C@H](CCC34CC4)[C@H]2C(=O)NC(CC2CC2)C(=O)C(N)=O)CCCCC1. The molecule has 5 amide bonds. The van der Waals surface area contributed by atoms with Crippen molar-refractivity contribution in [2.24, 2.45) is 34.3 Å². The van der Waals surface area contributed by atoms with Crippen molar-refractivity contribution in [3.05, 3.63) is 0 Å². The molecule has 6 fully saturated rings. The van der Waals surface area contributed by atoms with Gasteiger partial charge in [-0.3, -0.25) is 19.2 Å². The summed E-state index contributed by atoms with van der Waals surface area (Å²) in [5, 5.41) is 9.07. The minimum Gasteiger partial charge on any atom is -0.363 e. The fraction of sp³-hybridized carbons (Fsp3) is 0.868. The number of ketones is 1. The summed E-state index contributed by atoms with van der Waals surface area (Å²) in [7, 11) is -3.56. The Morgan fingerprint density at radius 2 is 1.45 bits per heavy atom. The Labute approximate surface area is 303 Å². The van der Waals surface area contributed by atoms with Crippen LogP contribution in [-0.4, -0.2) is 83.6 Å². The number of primary amides is 1. The molecular formula is C38H61N5O7S. The van der Waals surface area contributed by atoms with Gasteiger partial charge in [-0.2, -0.15) is 0 Å². The number of sulfone groups is 1. The lowest BCUT2D eigenvalue weighted by molar-refractivity contribution is -0.145. The number of Topliss-reactive ketones (excluding diaryl/α,β-unsaturated/α-hetero) is 1. The van der Waals surface area contributed by atoms with E-state index in [1.54, 1.807) is 25.7 Å². The van der Waals surface area contributed by atoms with Crippen LogP contribution in [0.3, 0.4) is 0 Å². The first-order valence-electron chi connectivity index (χ1n) is 19.6. The van der Waals surface area contributed by atoms with E-state index >= 15 is 4.79 Å². The predicted octanol–water partition coefficient (Wildman–Crippen LogP) is 3.90. The minimum absolute atomic E-state index is 0.0801. The molecular weight excluding hydrogens is 671 g/mol. The van der Waals surface area contributed by atoms with Crippen LogP contribution in [-0.2, 0) is 29.0 Å². The second kappa shape index (κ2) is 13.9. The zero-order valence-corrected chi connectivity index (χ0v) is 32.0. The van der Waals surface area contributed by atoms with Crippen molar-refractivity contribution in [3.63, 3.8) is 0 Å². The molecule has 286 valence electrons. The highest BCUT2D eigenvalue weighted by atomic mass is 32.2. The third-order valence-electron chi connectivity index (χ3n) is 13.8. The van der Waals surface area contributed by atoms with Crippen LogP contribution < -0.4 is 21.7 Å². The van der Waals surface area contributed by atoms with Crippen LogP contribution in [0.25, 0.3) is 0 Å². The van der Waals surface area contributed by atoms with Gasteiger partial charge in [0.15, 0.2) is 9.84 Å². The van der Waals surface area contributed by atoms with Crippen molar-refractivity contribution in [2.45, 2.75) is 165 Å². The summed E-state index contributed by atoms with van der Waals surface area (Å²) in [6.45, 7) is 7.49. The van der Waals surface area contributed by atoms with Crippen LogP contribution in [0, 0.1) is 28.6 Å². The number of nitrogens with one attached hydrogen (secondary N) is 3. The van der Waals surface area contributed by atoms with Gasteiger partial charge in [0.05, 0.1) is 22.1 Å². The first-order valence-corrected chi connectivity index (χ1v) is 21.3. The fourth-order valence-corrected chi connectivity index (χ4v) is 11.6. The van der Waals surface area contributed by atoms with Gasteiger partial charge in [-0.25, -0.2) is 13.2 Å². The molecule has 12 nitrogen and oxygen atoms in total. The molecule has 1 saturated heterocycles. The Bertz CT molecular complexity index is 1500. The lowest BCUT2D eigenvalue weighted by Gasteiger charge is -2.44. The zero-order chi connectivity index (χ0) is 37.0. The third-order valence-corrected chi connectivity index (χ3v) is 16.6. The maximum absolute atomic E-state index is 15.1. The molecule has 1 unspecified atom stereocenters. The number of hydrogen-bond acceptors (Lipinski definition) is 7. The van der Waals surface area contributed by atoms with E-state index in [-0.39, 0.29) is 34.8 Å². The monoisotopic (exact) mass is 731 g/mol. The van der Waals surface area contributed by atoms with Crippen LogP contribution in [0.15, 0.2) is 0 Å². The van der Waals surface area contributed by atoms with Crippen LogP contribution in [0.1, 0.15) is 137 Å². The summed E-state index contributed by atoms with van der Waals surface area (Å²) < 4.78 is 25.9. The normalized spacial score (nSPS) is 29.0. The van der Waals surface area contributed by atoms with E-state index in [0.29, 0.717) is 25.8 Å². The molecule has 1 spiro atoms. The number of likely N-dealkylation sites (tertiary alicyclic amines) is 1. The van der Waals surface area contributed by atoms with Crippen molar-refractivity contribution in [3.8, 4) is 0 Å². The molecule has 0 aromatic carbocycles. The maximum Gasteiger partial charge on any atom is 0.315 e. The van der Waals surface area contributed by atoms with E-state index in [1.165, 1.54) is 0 Å². The first kappa shape index (κ1) is 38.0. The number of carbonyl (C=O) groups excluding carboxylic acids is 5. The van der Waals surface area contributed by atoms with Crippen molar-refractivity contribution in [1.82, 2.24) is 20.9 Å². The quantitative estimate of drug-likeness (QED) is 0.219. The summed E-state index contributed by atoms with van der Waals surface area (Å²) in [6, 6.07) is -3.34. The van der Waals surface area contributed by atoms with Crippen LogP contribution in [0.5, 0.6) is 0 Å². The molecule has 1 heterocycles. The molecule has 6 aliphatic rings. The van der Waals surface area contributed by atoms with E-state index in [0.717, 1.165) is 89.9 Å². The largest absolute Gasteiger partial charge is 0.363 e. The van der Waals surface area contributed by atoms with Gasteiger partial charge in [-0.1, -0.05) is 58.3 Å². The van der Waals surface area contributed by atoms with Crippen LogP contribution in [0.2, 0.25) is 0 Å². The Kier molecular flexibility index (Phi) is 10.4. The van der Waals surface area contributed by atoms with Gasteiger partial charge in [0, 0.05) is 6.54 Å². The number of urea groups is 1. The van der Waals surface area contributed by atoms with E-state index in [2.05, 4.69) is 16.0 Å². The Morgan fingerprint density at radius 1 is 0.843 bits per heavy atom. The number of rotatable bonds is 12. The number of amides is 5. The molecule has 6 rings (SSSR count). The van der Waals surface area contributed by atoms with E-state index in [4.69, 9.17) is 5.73 Å². The summed E-state index contributed by atoms with van der Waals surface area (Å²) in [5.74, 6) is -2.49. The third kappa shape index (κ3) is 7.84. The molecule has 0 aromatic rings. The molecule has 0 aromatic heterocycles. The summed E-state index contributed by atoms with van der Waals surface area (Å²) >= 11 is 0. The molecule has 13 heteroatoms. The van der Waals surface area contributed by atoms with Gasteiger partial charge in [-0.05, 0) is 107 Å². The highest BCUT2D eigenvalue weighted by molar-refractivity contribution is 7.92. The van der Waals surface area contributed by atoms with Crippen LogP contribution in [0.4, 0.5) is 4.79 Å². The number of hydrogen-bond donors (Lipinski definition) is 4. The Hall–Kier alpha value is -2.70. The highest BCUT2D eigenvalue weighted by Gasteiger charge is 2.64. The molecule has 0 bridgehead atoms. The summed E-state index contributed by atoms with van der Waals surface area (Å²) in [5.41, 5.74) is 4.01. The van der Waals surface area contributed by atoms with Gasteiger partial charge in [0.2, 0.25) is 17.6 Å². The lowest BCUT2D eigenvalue weighted by Crippen LogP contribution is -2.64. The average molecular weight is 732 g/mol. The molecule has 5 saturated carbocycles. The van der Waals surface area contributed by atoms with E-state index in [1.807, 2.05) is 6.92 Å². The van der Waals surface area contributed by atoms with Gasteiger partial charge in [0.25, 0.3) is 5.91 Å². The second-order valence-corrected chi connectivity index (χ2v) is 21.3. The summed E-state index contributed by atoms with van der Waals surface area (Å²) in [4.78, 5) is 70.0. The average Bonchev–Trinajstić information content (AvgIpc) is 3.97. The van der Waals surface area contributed by atoms with Gasteiger partial charge < -0.3 is 26.6 Å². The molecule has 1 aliphatic heterocycles. The first-order chi connectivity index (χ1) is 23.9. The maximum atomic E-state index is 15.1. The number of nitrogens with zero attached hydrogens (tertiary/aromatic N) is 1.